The minimum Gasteiger partial charge on any atom is -0.351 e. The van der Waals surface area contributed by atoms with Gasteiger partial charge in [-0.05, 0) is 49.2 Å². The van der Waals surface area contributed by atoms with E-state index in [2.05, 4.69) is 22.3 Å². The van der Waals surface area contributed by atoms with E-state index >= 15 is 0 Å². The highest BCUT2D eigenvalue weighted by Crippen LogP contribution is 2.32. The third-order valence-electron chi connectivity index (χ3n) is 4.94. The van der Waals surface area contributed by atoms with E-state index in [-0.39, 0.29) is 11.7 Å². The summed E-state index contributed by atoms with van der Waals surface area (Å²) in [6.07, 6.45) is 2.19. The van der Waals surface area contributed by atoms with Crippen LogP contribution in [0.15, 0.2) is 48.5 Å². The van der Waals surface area contributed by atoms with Crippen molar-refractivity contribution >= 4 is 27.5 Å². The van der Waals surface area contributed by atoms with Crippen LogP contribution in [0.3, 0.4) is 0 Å². The van der Waals surface area contributed by atoms with Gasteiger partial charge in [0.1, 0.15) is 5.82 Å². The fraction of sp³-hybridized carbons (Fsp3) is 0.333. The van der Waals surface area contributed by atoms with Crippen molar-refractivity contribution < 1.29 is 9.18 Å². The lowest BCUT2D eigenvalue weighted by Crippen LogP contribution is -2.41. The van der Waals surface area contributed by atoms with E-state index in [4.69, 9.17) is 4.98 Å². The smallest absolute Gasteiger partial charge is 0.234 e. The predicted octanol–water partition coefficient (Wildman–Crippen LogP) is 3.93. The second-order valence-electron chi connectivity index (χ2n) is 7.00. The second-order valence-corrected chi connectivity index (χ2v) is 8.06. The Labute approximate surface area is 162 Å². The second kappa shape index (κ2) is 8.15. The molecule has 1 fully saturated rings. The van der Waals surface area contributed by atoms with Crippen LogP contribution in [0.4, 0.5) is 4.39 Å². The molecule has 1 amide bonds. The Morgan fingerprint density at radius 1 is 1.22 bits per heavy atom. The average molecular weight is 383 g/mol. The molecule has 0 spiro atoms. The quantitative estimate of drug-likeness (QED) is 0.726. The number of rotatable bonds is 5. The molecule has 0 bridgehead atoms. The molecule has 1 N–H and O–H groups in total. The summed E-state index contributed by atoms with van der Waals surface area (Å²) in [4.78, 5) is 19.3. The number of aromatic nitrogens is 1. The molecule has 1 saturated heterocycles. The molecule has 4 rings (SSSR count). The van der Waals surface area contributed by atoms with Crippen molar-refractivity contribution in [2.24, 2.45) is 0 Å². The summed E-state index contributed by atoms with van der Waals surface area (Å²) in [5.41, 5.74) is 1.96. The lowest BCUT2D eigenvalue weighted by Gasteiger charge is -2.31. The van der Waals surface area contributed by atoms with Gasteiger partial charge >= 0.3 is 0 Å². The van der Waals surface area contributed by atoms with Crippen LogP contribution in [0.25, 0.3) is 10.2 Å². The third kappa shape index (κ3) is 4.51. The first kappa shape index (κ1) is 18.1. The summed E-state index contributed by atoms with van der Waals surface area (Å²) in [7, 11) is 0. The number of benzene rings is 2. The maximum absolute atomic E-state index is 12.9. The molecule has 1 aliphatic heterocycles. The van der Waals surface area contributed by atoms with Gasteiger partial charge in [0.05, 0.1) is 21.8 Å². The molecule has 27 heavy (non-hydrogen) atoms. The molecular formula is C21H22FN3OS. The van der Waals surface area contributed by atoms with Gasteiger partial charge in [0.2, 0.25) is 5.91 Å². The van der Waals surface area contributed by atoms with Crippen LogP contribution in [-0.4, -0.2) is 35.4 Å². The minimum atomic E-state index is -0.265. The Kier molecular flexibility index (Phi) is 5.45. The number of piperidine rings is 1. The van der Waals surface area contributed by atoms with Crippen molar-refractivity contribution in [2.75, 3.05) is 19.6 Å². The fourth-order valence-corrected chi connectivity index (χ4v) is 4.62. The molecule has 1 aromatic heterocycles. The van der Waals surface area contributed by atoms with E-state index in [9.17, 15) is 9.18 Å². The average Bonchev–Trinajstić information content (AvgIpc) is 3.12. The molecule has 4 nitrogen and oxygen atoms in total. The Morgan fingerprint density at radius 2 is 2.04 bits per heavy atom. The molecule has 2 aromatic carbocycles. The molecule has 0 unspecified atom stereocenters. The van der Waals surface area contributed by atoms with Crippen LogP contribution < -0.4 is 5.32 Å². The van der Waals surface area contributed by atoms with Crippen LogP contribution in [0.5, 0.6) is 0 Å². The molecule has 1 atom stereocenters. The zero-order valence-electron chi connectivity index (χ0n) is 15.0. The van der Waals surface area contributed by atoms with Crippen molar-refractivity contribution in [2.45, 2.75) is 25.3 Å². The highest BCUT2D eigenvalue weighted by molar-refractivity contribution is 7.18. The zero-order chi connectivity index (χ0) is 18.6. The molecule has 0 aliphatic carbocycles. The number of carbonyl (C=O) groups is 1. The number of likely N-dealkylation sites (tertiary alicyclic amines) is 1. The number of nitrogens with zero attached hydrogens (tertiary/aromatic N) is 2. The van der Waals surface area contributed by atoms with Gasteiger partial charge in [-0.1, -0.05) is 24.3 Å². The maximum atomic E-state index is 12.9. The van der Waals surface area contributed by atoms with Gasteiger partial charge in [-0.3, -0.25) is 9.69 Å². The number of thiazole rings is 1. The first-order chi connectivity index (χ1) is 13.2. The monoisotopic (exact) mass is 383 g/mol. The normalized spacial score (nSPS) is 17.9. The zero-order valence-corrected chi connectivity index (χ0v) is 15.8. The van der Waals surface area contributed by atoms with Crippen LogP contribution in [0.2, 0.25) is 0 Å². The van der Waals surface area contributed by atoms with E-state index in [0.717, 1.165) is 37.0 Å². The van der Waals surface area contributed by atoms with Crippen molar-refractivity contribution in [3.8, 4) is 0 Å². The van der Waals surface area contributed by atoms with Gasteiger partial charge in [0.25, 0.3) is 0 Å². The van der Waals surface area contributed by atoms with Gasteiger partial charge in [-0.2, -0.15) is 0 Å². The SMILES string of the molecule is O=C(CN1CCC[C@@H](c2nc3ccccc3s2)C1)NCc1ccc(F)cc1. The predicted molar refractivity (Wildman–Crippen MR) is 106 cm³/mol. The number of halogens is 1. The summed E-state index contributed by atoms with van der Waals surface area (Å²) in [5, 5.41) is 4.10. The summed E-state index contributed by atoms with van der Waals surface area (Å²) < 4.78 is 14.2. The highest BCUT2D eigenvalue weighted by Gasteiger charge is 2.25. The number of carbonyl (C=O) groups excluding carboxylic acids is 1. The van der Waals surface area contributed by atoms with Crippen molar-refractivity contribution in [3.63, 3.8) is 0 Å². The summed E-state index contributed by atoms with van der Waals surface area (Å²) in [6, 6.07) is 14.4. The molecule has 0 radical (unpaired) electrons. The third-order valence-corrected chi connectivity index (χ3v) is 6.13. The molecule has 0 saturated carbocycles. The Balaban J connectivity index is 1.32. The van der Waals surface area contributed by atoms with Crippen molar-refractivity contribution in [3.05, 3.63) is 64.9 Å². The molecular weight excluding hydrogens is 361 g/mol. The van der Waals surface area contributed by atoms with Crippen LogP contribution in [-0.2, 0) is 11.3 Å². The van der Waals surface area contributed by atoms with Crippen molar-refractivity contribution in [1.29, 1.82) is 0 Å². The molecule has 140 valence electrons. The Bertz CT molecular complexity index is 892. The Morgan fingerprint density at radius 3 is 2.85 bits per heavy atom. The van der Waals surface area contributed by atoms with E-state index in [1.165, 1.54) is 21.8 Å². The van der Waals surface area contributed by atoms with Crippen LogP contribution in [0, 0.1) is 5.82 Å². The van der Waals surface area contributed by atoms with Gasteiger partial charge in [0, 0.05) is 19.0 Å². The van der Waals surface area contributed by atoms with E-state index in [1.807, 2.05) is 12.1 Å². The number of fused-ring (bicyclic) bond motifs is 1. The maximum Gasteiger partial charge on any atom is 0.234 e. The lowest BCUT2D eigenvalue weighted by atomic mass is 9.99. The first-order valence-corrected chi connectivity index (χ1v) is 10.1. The molecule has 2 heterocycles. The van der Waals surface area contributed by atoms with Gasteiger partial charge in [-0.25, -0.2) is 9.37 Å². The largest absolute Gasteiger partial charge is 0.351 e. The minimum absolute atomic E-state index is 0.00396. The molecule has 6 heteroatoms. The molecule has 3 aromatic rings. The number of hydrogen-bond donors (Lipinski definition) is 1. The Hall–Kier alpha value is -2.31. The number of amides is 1. The van der Waals surface area contributed by atoms with Gasteiger partial charge in [-0.15, -0.1) is 11.3 Å². The standard InChI is InChI=1S/C21H22FN3OS/c22-17-9-7-15(8-10-17)12-23-20(26)14-25-11-3-4-16(13-25)21-24-18-5-1-2-6-19(18)27-21/h1-2,5-10,16H,3-4,11-14H2,(H,23,26)/t16-/m1/s1. The highest BCUT2D eigenvalue weighted by atomic mass is 32.1. The fourth-order valence-electron chi connectivity index (χ4n) is 3.53. The molecule has 1 aliphatic rings. The summed E-state index contributed by atoms with van der Waals surface area (Å²) in [5.74, 6) is 0.129. The van der Waals surface area contributed by atoms with Gasteiger partial charge < -0.3 is 5.32 Å². The lowest BCUT2D eigenvalue weighted by molar-refractivity contribution is -0.122. The summed E-state index contributed by atoms with van der Waals surface area (Å²) in [6.45, 7) is 2.62. The van der Waals surface area contributed by atoms with E-state index < -0.39 is 0 Å². The van der Waals surface area contributed by atoms with Crippen molar-refractivity contribution in [1.82, 2.24) is 15.2 Å². The van der Waals surface area contributed by atoms with E-state index in [1.54, 1.807) is 23.5 Å². The number of hydrogen-bond acceptors (Lipinski definition) is 4. The summed E-state index contributed by atoms with van der Waals surface area (Å²) >= 11 is 1.76. The number of para-hydroxylation sites is 1. The number of nitrogens with one attached hydrogen (secondary N) is 1. The van der Waals surface area contributed by atoms with Crippen LogP contribution >= 0.6 is 11.3 Å². The first-order valence-electron chi connectivity index (χ1n) is 9.26. The van der Waals surface area contributed by atoms with Gasteiger partial charge in [0.15, 0.2) is 0 Å². The topological polar surface area (TPSA) is 45.2 Å². The van der Waals surface area contributed by atoms with E-state index in [0.29, 0.717) is 19.0 Å². The van der Waals surface area contributed by atoms with Crippen LogP contribution in [0.1, 0.15) is 29.3 Å².